The number of phenols is 1. The molecule has 1 heteroatoms. The first-order valence-electron chi connectivity index (χ1n) is 12.0. The molecule has 0 unspecified atom stereocenters. The Labute approximate surface area is 170 Å². The molecule has 1 nitrogen and oxygen atoms in total. The van der Waals surface area contributed by atoms with Crippen molar-refractivity contribution in [2.45, 2.75) is 129 Å². The molecule has 0 aliphatic carbocycles. The highest BCUT2D eigenvalue weighted by atomic mass is 16.3. The molecular formula is C26H46O. The van der Waals surface area contributed by atoms with Gasteiger partial charge in [0.1, 0.15) is 5.75 Å². The average molecular weight is 375 g/mol. The van der Waals surface area contributed by atoms with Gasteiger partial charge in [-0.2, -0.15) is 0 Å². The van der Waals surface area contributed by atoms with Crippen LogP contribution in [0, 0.1) is 0 Å². The van der Waals surface area contributed by atoms with Crippen molar-refractivity contribution in [1.29, 1.82) is 0 Å². The van der Waals surface area contributed by atoms with Crippen molar-refractivity contribution < 1.29 is 5.11 Å². The van der Waals surface area contributed by atoms with E-state index in [0.29, 0.717) is 5.75 Å². The number of benzene rings is 1. The third-order valence-corrected chi connectivity index (χ3v) is 6.25. The molecule has 1 rings (SSSR count). The molecule has 0 saturated heterocycles. The Bertz CT molecular complexity index is 457. The lowest BCUT2D eigenvalue weighted by molar-refractivity contribution is 0.294. The molecular weight excluding hydrogens is 328 g/mol. The Morgan fingerprint density at radius 3 is 1.56 bits per heavy atom. The highest BCUT2D eigenvalue weighted by Crippen LogP contribution is 2.43. The summed E-state index contributed by atoms with van der Waals surface area (Å²) in [5.74, 6) is 0.514. The Balaban J connectivity index is 2.61. The molecule has 0 bridgehead atoms. The van der Waals surface area contributed by atoms with Gasteiger partial charge in [-0.1, -0.05) is 122 Å². The van der Waals surface area contributed by atoms with Gasteiger partial charge in [0.25, 0.3) is 0 Å². The fourth-order valence-electron chi connectivity index (χ4n) is 4.51. The van der Waals surface area contributed by atoms with Crippen LogP contribution in [0.4, 0.5) is 0 Å². The standard InChI is InChI=1S/C26H46O/c1-4-7-10-11-12-13-14-15-18-23-26(21-8-5-2,22-9-6-3)24-19-16-17-20-25(24)27/h16-17,19-20,27H,4-15,18,21-23H2,1-3H3. The Morgan fingerprint density at radius 2 is 1.04 bits per heavy atom. The third-order valence-electron chi connectivity index (χ3n) is 6.25. The second kappa shape index (κ2) is 15.0. The maximum absolute atomic E-state index is 10.6. The van der Waals surface area contributed by atoms with E-state index in [9.17, 15) is 5.11 Å². The molecule has 0 saturated carbocycles. The number of para-hydroxylation sites is 1. The summed E-state index contributed by atoms with van der Waals surface area (Å²) >= 11 is 0. The van der Waals surface area contributed by atoms with Crippen LogP contribution in [0.5, 0.6) is 5.75 Å². The van der Waals surface area contributed by atoms with E-state index in [1.54, 1.807) is 0 Å². The monoisotopic (exact) mass is 374 g/mol. The summed E-state index contributed by atoms with van der Waals surface area (Å²) in [4.78, 5) is 0. The normalized spacial score (nSPS) is 11.8. The predicted molar refractivity (Wildman–Crippen MR) is 121 cm³/mol. The lowest BCUT2D eigenvalue weighted by atomic mass is 9.69. The van der Waals surface area contributed by atoms with E-state index < -0.39 is 0 Å². The van der Waals surface area contributed by atoms with E-state index in [-0.39, 0.29) is 5.41 Å². The van der Waals surface area contributed by atoms with Gasteiger partial charge >= 0.3 is 0 Å². The Morgan fingerprint density at radius 1 is 0.593 bits per heavy atom. The van der Waals surface area contributed by atoms with E-state index >= 15 is 0 Å². The van der Waals surface area contributed by atoms with Crippen LogP contribution in [0.2, 0.25) is 0 Å². The van der Waals surface area contributed by atoms with Gasteiger partial charge in [-0.25, -0.2) is 0 Å². The van der Waals surface area contributed by atoms with E-state index in [0.717, 1.165) is 0 Å². The first kappa shape index (κ1) is 24.1. The maximum Gasteiger partial charge on any atom is 0.119 e. The van der Waals surface area contributed by atoms with Gasteiger partial charge in [0, 0.05) is 5.56 Å². The minimum absolute atomic E-state index is 0.179. The van der Waals surface area contributed by atoms with Crippen molar-refractivity contribution >= 4 is 0 Å². The topological polar surface area (TPSA) is 20.2 Å². The zero-order chi connectivity index (χ0) is 19.8. The molecule has 0 aromatic heterocycles. The second-order valence-corrected chi connectivity index (χ2v) is 8.58. The molecule has 0 spiro atoms. The largest absolute Gasteiger partial charge is 0.508 e. The Kier molecular flexibility index (Phi) is 13.4. The smallest absolute Gasteiger partial charge is 0.119 e. The van der Waals surface area contributed by atoms with Gasteiger partial charge in [0.15, 0.2) is 0 Å². The first-order chi connectivity index (χ1) is 13.2. The van der Waals surface area contributed by atoms with Crippen LogP contribution in [0.25, 0.3) is 0 Å². The molecule has 0 radical (unpaired) electrons. The molecule has 0 heterocycles. The van der Waals surface area contributed by atoms with Crippen LogP contribution in [0.3, 0.4) is 0 Å². The minimum atomic E-state index is 0.179. The fraction of sp³-hybridized carbons (Fsp3) is 0.769. The van der Waals surface area contributed by atoms with Gasteiger partial charge in [-0.05, 0) is 30.7 Å². The quantitative estimate of drug-likeness (QED) is 0.270. The number of hydrogen-bond acceptors (Lipinski definition) is 1. The third kappa shape index (κ3) is 9.17. The van der Waals surface area contributed by atoms with Crippen molar-refractivity contribution in [1.82, 2.24) is 0 Å². The summed E-state index contributed by atoms with van der Waals surface area (Å²) in [6.07, 6.45) is 21.1. The molecule has 1 N–H and O–H groups in total. The van der Waals surface area contributed by atoms with Crippen molar-refractivity contribution in [2.75, 3.05) is 0 Å². The summed E-state index contributed by atoms with van der Waals surface area (Å²) in [6.45, 7) is 6.86. The molecule has 0 fully saturated rings. The summed E-state index contributed by atoms with van der Waals surface area (Å²) in [5, 5.41) is 10.6. The van der Waals surface area contributed by atoms with E-state index in [4.69, 9.17) is 0 Å². The first-order valence-corrected chi connectivity index (χ1v) is 12.0. The van der Waals surface area contributed by atoms with Gasteiger partial charge in [-0.3, -0.25) is 0 Å². The number of unbranched alkanes of at least 4 members (excludes halogenated alkanes) is 10. The fourth-order valence-corrected chi connectivity index (χ4v) is 4.51. The maximum atomic E-state index is 10.6. The molecule has 0 aliphatic rings. The molecule has 0 atom stereocenters. The van der Waals surface area contributed by atoms with Crippen molar-refractivity contribution in [3.8, 4) is 5.75 Å². The molecule has 156 valence electrons. The van der Waals surface area contributed by atoms with E-state index in [2.05, 4.69) is 32.9 Å². The lowest BCUT2D eigenvalue weighted by Gasteiger charge is -2.35. The van der Waals surface area contributed by atoms with Crippen LogP contribution >= 0.6 is 0 Å². The van der Waals surface area contributed by atoms with Crippen LogP contribution in [-0.4, -0.2) is 5.11 Å². The van der Waals surface area contributed by atoms with Gasteiger partial charge in [0.05, 0.1) is 0 Å². The van der Waals surface area contributed by atoms with Crippen LogP contribution < -0.4 is 0 Å². The van der Waals surface area contributed by atoms with Crippen molar-refractivity contribution in [3.63, 3.8) is 0 Å². The average Bonchev–Trinajstić information content (AvgIpc) is 2.69. The van der Waals surface area contributed by atoms with E-state index in [1.807, 2.05) is 12.1 Å². The summed E-state index contributed by atoms with van der Waals surface area (Å²) in [5.41, 5.74) is 1.39. The number of hydrogen-bond donors (Lipinski definition) is 1. The van der Waals surface area contributed by atoms with Crippen LogP contribution in [0.15, 0.2) is 24.3 Å². The molecule has 1 aromatic carbocycles. The number of phenolic OH excluding ortho intramolecular Hbond substituents is 1. The van der Waals surface area contributed by atoms with Crippen LogP contribution in [0.1, 0.15) is 129 Å². The van der Waals surface area contributed by atoms with Crippen LogP contribution in [-0.2, 0) is 5.41 Å². The molecule has 27 heavy (non-hydrogen) atoms. The zero-order valence-corrected chi connectivity index (χ0v) is 18.6. The van der Waals surface area contributed by atoms with E-state index in [1.165, 1.54) is 108 Å². The predicted octanol–water partition coefficient (Wildman–Crippen LogP) is 8.93. The zero-order valence-electron chi connectivity index (χ0n) is 18.6. The lowest BCUT2D eigenvalue weighted by Crippen LogP contribution is -2.26. The molecule has 0 aliphatic heterocycles. The van der Waals surface area contributed by atoms with Gasteiger partial charge < -0.3 is 5.11 Å². The second-order valence-electron chi connectivity index (χ2n) is 8.58. The van der Waals surface area contributed by atoms with Crippen molar-refractivity contribution in [3.05, 3.63) is 29.8 Å². The highest BCUT2D eigenvalue weighted by molar-refractivity contribution is 5.38. The summed E-state index contributed by atoms with van der Waals surface area (Å²) in [7, 11) is 0. The number of aromatic hydroxyl groups is 1. The molecule has 0 amide bonds. The Hall–Kier alpha value is -0.980. The SMILES string of the molecule is CCCCCCCCCCCC(CCCC)(CCCC)c1ccccc1O. The highest BCUT2D eigenvalue weighted by Gasteiger charge is 2.32. The van der Waals surface area contributed by atoms with Gasteiger partial charge in [-0.15, -0.1) is 0 Å². The van der Waals surface area contributed by atoms with Gasteiger partial charge in [0.2, 0.25) is 0 Å². The minimum Gasteiger partial charge on any atom is -0.508 e. The number of rotatable bonds is 17. The molecule has 1 aromatic rings. The summed E-state index contributed by atoms with van der Waals surface area (Å²) < 4.78 is 0. The summed E-state index contributed by atoms with van der Waals surface area (Å²) in [6, 6.07) is 8.15. The van der Waals surface area contributed by atoms with Crippen molar-refractivity contribution in [2.24, 2.45) is 0 Å².